The van der Waals surface area contributed by atoms with E-state index in [0.717, 1.165) is 30.3 Å². The molecule has 1 saturated heterocycles. The van der Waals surface area contributed by atoms with Crippen LogP contribution in [0, 0.1) is 5.82 Å². The van der Waals surface area contributed by atoms with Gasteiger partial charge in [0, 0.05) is 18.8 Å². The lowest BCUT2D eigenvalue weighted by atomic mass is 10.2. The van der Waals surface area contributed by atoms with E-state index in [2.05, 4.69) is 10.2 Å². The molecule has 7 nitrogen and oxygen atoms in total. The average Bonchev–Trinajstić information content (AvgIpc) is 3.48. The molecule has 32 heavy (non-hydrogen) atoms. The van der Waals surface area contributed by atoms with E-state index in [1.165, 1.54) is 6.07 Å². The molecule has 1 unspecified atom stereocenters. The minimum absolute atomic E-state index is 0.0557. The molecule has 1 fully saturated rings. The maximum atomic E-state index is 14.4. The van der Waals surface area contributed by atoms with Crippen molar-refractivity contribution in [2.75, 3.05) is 18.8 Å². The van der Waals surface area contributed by atoms with E-state index in [9.17, 15) is 14.0 Å². The molecule has 1 atom stereocenters. The summed E-state index contributed by atoms with van der Waals surface area (Å²) >= 11 is 1.12. The van der Waals surface area contributed by atoms with Crippen LogP contribution in [-0.2, 0) is 14.3 Å². The summed E-state index contributed by atoms with van der Waals surface area (Å²) in [5.41, 5.74) is 1.05. The van der Waals surface area contributed by atoms with Crippen molar-refractivity contribution in [1.29, 1.82) is 0 Å². The van der Waals surface area contributed by atoms with E-state index in [0.29, 0.717) is 29.6 Å². The van der Waals surface area contributed by atoms with Crippen molar-refractivity contribution in [3.8, 4) is 17.1 Å². The molecule has 0 spiro atoms. The third-order valence-electron chi connectivity index (χ3n) is 5.16. The Labute approximate surface area is 189 Å². The number of nitrogens with zero attached hydrogens (tertiary/aromatic N) is 4. The molecule has 1 aliphatic heterocycles. The van der Waals surface area contributed by atoms with Crippen LogP contribution in [0.3, 0.4) is 0 Å². The van der Waals surface area contributed by atoms with Crippen LogP contribution in [0.15, 0.2) is 59.8 Å². The zero-order chi connectivity index (χ0) is 22.5. The van der Waals surface area contributed by atoms with Crippen LogP contribution >= 0.6 is 11.8 Å². The smallest absolute Gasteiger partial charge is 0.317 e. The second-order valence-electron chi connectivity index (χ2n) is 7.41. The van der Waals surface area contributed by atoms with Crippen molar-refractivity contribution < 1.29 is 18.7 Å². The van der Waals surface area contributed by atoms with E-state index in [-0.39, 0.29) is 11.7 Å². The molecule has 166 valence electrons. The number of thioether (sulfide) groups is 1. The summed E-state index contributed by atoms with van der Waals surface area (Å²) in [5.74, 6) is -0.829. The van der Waals surface area contributed by atoms with Gasteiger partial charge in [-0.15, -0.1) is 10.2 Å². The van der Waals surface area contributed by atoms with Gasteiger partial charge in [-0.1, -0.05) is 42.1 Å². The lowest BCUT2D eigenvalue weighted by Crippen LogP contribution is -2.38. The fraction of sp³-hybridized carbons (Fsp3) is 0.304. The van der Waals surface area contributed by atoms with Crippen molar-refractivity contribution in [2.45, 2.75) is 31.0 Å². The number of rotatable bonds is 7. The van der Waals surface area contributed by atoms with Gasteiger partial charge in [0.2, 0.25) is 0 Å². The summed E-state index contributed by atoms with van der Waals surface area (Å²) in [6.45, 7) is 2.99. The first-order valence-electron chi connectivity index (χ1n) is 10.4. The lowest BCUT2D eigenvalue weighted by Gasteiger charge is -2.20. The second-order valence-corrected chi connectivity index (χ2v) is 8.35. The van der Waals surface area contributed by atoms with Gasteiger partial charge in [0.1, 0.15) is 5.82 Å². The van der Waals surface area contributed by atoms with Gasteiger partial charge in [0.05, 0.1) is 11.3 Å². The predicted molar refractivity (Wildman–Crippen MR) is 119 cm³/mol. The summed E-state index contributed by atoms with van der Waals surface area (Å²) in [7, 11) is 0. The second kappa shape index (κ2) is 9.95. The summed E-state index contributed by atoms with van der Waals surface area (Å²) in [6, 6.07) is 15.6. The minimum atomic E-state index is -0.831. The number of benzene rings is 2. The molecule has 0 bridgehead atoms. The van der Waals surface area contributed by atoms with Gasteiger partial charge in [-0.05, 0) is 44.0 Å². The van der Waals surface area contributed by atoms with Gasteiger partial charge >= 0.3 is 5.97 Å². The molecule has 1 amide bonds. The molecule has 0 aliphatic carbocycles. The normalized spacial score (nSPS) is 14.4. The molecular formula is C23H23FN4O3S. The Morgan fingerprint density at radius 1 is 1.06 bits per heavy atom. The Morgan fingerprint density at radius 2 is 1.75 bits per heavy atom. The molecule has 0 radical (unpaired) electrons. The number of para-hydroxylation sites is 1. The Kier molecular flexibility index (Phi) is 6.84. The zero-order valence-corrected chi connectivity index (χ0v) is 18.4. The fourth-order valence-electron chi connectivity index (χ4n) is 3.59. The number of hydrogen-bond donors (Lipinski definition) is 0. The Hall–Kier alpha value is -3.20. The lowest BCUT2D eigenvalue weighted by molar-refractivity contribution is -0.156. The van der Waals surface area contributed by atoms with E-state index < -0.39 is 17.9 Å². The number of amides is 1. The first kappa shape index (κ1) is 22.0. The highest BCUT2D eigenvalue weighted by Gasteiger charge is 2.26. The van der Waals surface area contributed by atoms with Gasteiger partial charge in [-0.3, -0.25) is 14.2 Å². The quantitative estimate of drug-likeness (QED) is 0.400. The monoisotopic (exact) mass is 454 g/mol. The van der Waals surface area contributed by atoms with Crippen LogP contribution in [-0.4, -0.2) is 56.5 Å². The van der Waals surface area contributed by atoms with Crippen molar-refractivity contribution in [2.24, 2.45) is 0 Å². The maximum absolute atomic E-state index is 14.4. The predicted octanol–water partition coefficient (Wildman–Crippen LogP) is 3.72. The van der Waals surface area contributed by atoms with Gasteiger partial charge in [0.25, 0.3) is 5.91 Å². The summed E-state index contributed by atoms with van der Waals surface area (Å²) in [5, 5.41) is 8.79. The summed E-state index contributed by atoms with van der Waals surface area (Å²) in [4.78, 5) is 26.5. The Morgan fingerprint density at radius 3 is 2.47 bits per heavy atom. The molecule has 3 aromatic rings. The first-order chi connectivity index (χ1) is 15.5. The van der Waals surface area contributed by atoms with Gasteiger partial charge in [0.15, 0.2) is 17.1 Å². The fourth-order valence-corrected chi connectivity index (χ4v) is 4.32. The molecule has 0 saturated carbocycles. The van der Waals surface area contributed by atoms with E-state index in [1.54, 1.807) is 34.6 Å². The number of ether oxygens (including phenoxy) is 1. The van der Waals surface area contributed by atoms with Crippen molar-refractivity contribution in [1.82, 2.24) is 19.7 Å². The van der Waals surface area contributed by atoms with Crippen molar-refractivity contribution >= 4 is 23.6 Å². The molecule has 1 aromatic heterocycles. The summed E-state index contributed by atoms with van der Waals surface area (Å²) in [6.07, 6.45) is 1.12. The standard InChI is InChI=1S/C23H23FN4O3S/c1-16(22(30)27-13-7-8-14-27)31-20(29)15-32-23-26-25-21(18-11-5-6-12-19(18)24)28(23)17-9-3-2-4-10-17/h2-6,9-12,16H,7-8,13-15H2,1H3. The molecule has 1 aliphatic rings. The third kappa shape index (κ3) is 4.83. The van der Waals surface area contributed by atoms with Crippen LogP contribution in [0.2, 0.25) is 0 Å². The van der Waals surface area contributed by atoms with Gasteiger partial charge < -0.3 is 9.64 Å². The van der Waals surface area contributed by atoms with E-state index in [1.807, 2.05) is 30.3 Å². The number of halogens is 1. The highest BCUT2D eigenvalue weighted by Crippen LogP contribution is 2.29. The Balaban J connectivity index is 1.51. The largest absolute Gasteiger partial charge is 0.452 e. The average molecular weight is 455 g/mol. The molecule has 2 heterocycles. The number of likely N-dealkylation sites (tertiary alicyclic amines) is 1. The van der Waals surface area contributed by atoms with E-state index in [4.69, 9.17) is 4.74 Å². The highest BCUT2D eigenvalue weighted by atomic mass is 32.2. The number of esters is 1. The number of hydrogen-bond acceptors (Lipinski definition) is 6. The maximum Gasteiger partial charge on any atom is 0.317 e. The number of carbonyl (C=O) groups is 2. The number of carbonyl (C=O) groups excluding carboxylic acids is 2. The topological polar surface area (TPSA) is 77.3 Å². The highest BCUT2D eigenvalue weighted by molar-refractivity contribution is 7.99. The van der Waals surface area contributed by atoms with Gasteiger partial charge in [-0.25, -0.2) is 4.39 Å². The summed E-state index contributed by atoms with van der Waals surface area (Å²) < 4.78 is 21.5. The van der Waals surface area contributed by atoms with Crippen LogP contribution in [0.25, 0.3) is 17.1 Å². The van der Waals surface area contributed by atoms with Crippen LogP contribution in [0.5, 0.6) is 0 Å². The third-order valence-corrected chi connectivity index (χ3v) is 6.06. The molecular weight excluding hydrogens is 431 g/mol. The van der Waals surface area contributed by atoms with Gasteiger partial charge in [-0.2, -0.15) is 0 Å². The van der Waals surface area contributed by atoms with Crippen LogP contribution in [0.4, 0.5) is 4.39 Å². The first-order valence-corrected chi connectivity index (χ1v) is 11.4. The Bertz CT molecular complexity index is 1100. The number of aromatic nitrogens is 3. The van der Waals surface area contributed by atoms with Crippen molar-refractivity contribution in [3.05, 3.63) is 60.4 Å². The van der Waals surface area contributed by atoms with Crippen LogP contribution < -0.4 is 0 Å². The minimum Gasteiger partial charge on any atom is -0.452 e. The molecule has 0 N–H and O–H groups in total. The molecule has 4 rings (SSSR count). The van der Waals surface area contributed by atoms with Crippen LogP contribution in [0.1, 0.15) is 19.8 Å². The SMILES string of the molecule is CC(OC(=O)CSc1nnc(-c2ccccc2F)n1-c1ccccc1)C(=O)N1CCCC1. The molecule has 9 heteroatoms. The zero-order valence-electron chi connectivity index (χ0n) is 17.6. The molecule has 2 aromatic carbocycles. The van der Waals surface area contributed by atoms with E-state index >= 15 is 0 Å². The van der Waals surface area contributed by atoms with Crippen molar-refractivity contribution in [3.63, 3.8) is 0 Å².